The number of aryl methyl sites for hydroxylation is 2. The summed E-state index contributed by atoms with van der Waals surface area (Å²) in [4.78, 5) is 11.7. The molecule has 2 rings (SSSR count). The molecule has 0 spiro atoms. The topological polar surface area (TPSA) is 37.8 Å². The number of nitrogens with zero attached hydrogens (tertiary/aromatic N) is 2. The van der Waals surface area contributed by atoms with Crippen LogP contribution >= 0.6 is 11.3 Å². The molecule has 2 heterocycles. The number of anilines is 1. The molecule has 3 nitrogen and oxygen atoms in total. The lowest BCUT2D eigenvalue weighted by molar-refractivity contribution is 1.00. The second kappa shape index (κ2) is 5.96. The first kappa shape index (κ1) is 13.0. The van der Waals surface area contributed by atoms with Crippen LogP contribution in [0.5, 0.6) is 0 Å². The van der Waals surface area contributed by atoms with Gasteiger partial charge in [-0.3, -0.25) is 0 Å². The molecule has 18 heavy (non-hydrogen) atoms. The highest BCUT2D eigenvalue weighted by Crippen LogP contribution is 2.27. The normalized spacial score (nSPS) is 10.6. The zero-order valence-electron chi connectivity index (χ0n) is 11.2. The van der Waals surface area contributed by atoms with E-state index >= 15 is 0 Å². The maximum absolute atomic E-state index is 4.61. The zero-order valence-corrected chi connectivity index (χ0v) is 12.0. The molecule has 0 saturated carbocycles. The summed E-state index contributed by atoms with van der Waals surface area (Å²) in [5.74, 6) is 1.76. The van der Waals surface area contributed by atoms with Gasteiger partial charge in [-0.25, -0.2) is 9.97 Å². The van der Waals surface area contributed by atoms with Crippen molar-refractivity contribution in [2.75, 3.05) is 11.9 Å². The molecule has 2 aromatic rings. The maximum atomic E-state index is 4.61. The molecule has 0 aliphatic rings. The van der Waals surface area contributed by atoms with E-state index in [0.29, 0.717) is 0 Å². The fourth-order valence-corrected chi connectivity index (χ4v) is 2.63. The second-order valence-corrected chi connectivity index (χ2v) is 5.24. The summed E-state index contributed by atoms with van der Waals surface area (Å²) in [5, 5.41) is 3.27. The highest BCUT2D eigenvalue weighted by Gasteiger charge is 2.08. The second-order valence-electron chi connectivity index (χ2n) is 4.07. The zero-order chi connectivity index (χ0) is 13.0. The predicted molar refractivity (Wildman–Crippen MR) is 78.3 cm³/mol. The van der Waals surface area contributed by atoms with Crippen LogP contribution in [0.2, 0.25) is 0 Å². The van der Waals surface area contributed by atoms with Crippen molar-refractivity contribution < 1.29 is 0 Å². The molecule has 0 aromatic carbocycles. The standard InChI is InChI=1S/C14H19N3S/c1-4-10-9-13(15-6-3)17-14(16-10)12-8-7-11(5-2)18-12/h7-9H,4-6H2,1-3H3,(H,15,16,17). The quantitative estimate of drug-likeness (QED) is 0.890. The predicted octanol–water partition coefficient (Wildman–Crippen LogP) is 3.76. The average Bonchev–Trinajstić information content (AvgIpc) is 2.87. The summed E-state index contributed by atoms with van der Waals surface area (Å²) >= 11 is 1.78. The van der Waals surface area contributed by atoms with Gasteiger partial charge >= 0.3 is 0 Å². The fraction of sp³-hybridized carbons (Fsp3) is 0.429. The van der Waals surface area contributed by atoms with Gasteiger partial charge in [0.1, 0.15) is 5.82 Å². The van der Waals surface area contributed by atoms with E-state index in [4.69, 9.17) is 0 Å². The van der Waals surface area contributed by atoms with Gasteiger partial charge < -0.3 is 5.32 Å². The van der Waals surface area contributed by atoms with Crippen molar-refractivity contribution in [3.8, 4) is 10.7 Å². The smallest absolute Gasteiger partial charge is 0.171 e. The van der Waals surface area contributed by atoms with Crippen molar-refractivity contribution in [1.82, 2.24) is 9.97 Å². The molecule has 0 amide bonds. The Balaban J connectivity index is 2.39. The maximum Gasteiger partial charge on any atom is 0.171 e. The third-order valence-electron chi connectivity index (χ3n) is 2.73. The molecule has 0 saturated heterocycles. The molecule has 2 aromatic heterocycles. The summed E-state index contributed by atoms with van der Waals surface area (Å²) in [6.45, 7) is 7.24. The number of rotatable bonds is 5. The van der Waals surface area contributed by atoms with Crippen molar-refractivity contribution in [3.05, 3.63) is 28.8 Å². The van der Waals surface area contributed by atoms with Gasteiger partial charge in [-0.05, 0) is 31.9 Å². The van der Waals surface area contributed by atoms with Crippen LogP contribution in [-0.4, -0.2) is 16.5 Å². The van der Waals surface area contributed by atoms with E-state index in [1.54, 1.807) is 11.3 Å². The van der Waals surface area contributed by atoms with Gasteiger partial charge in [0.2, 0.25) is 0 Å². The fourth-order valence-electron chi connectivity index (χ4n) is 1.75. The highest BCUT2D eigenvalue weighted by atomic mass is 32.1. The van der Waals surface area contributed by atoms with Gasteiger partial charge in [0.15, 0.2) is 5.82 Å². The Labute approximate surface area is 112 Å². The van der Waals surface area contributed by atoms with Crippen LogP contribution in [0.1, 0.15) is 31.3 Å². The molecule has 0 aliphatic carbocycles. The van der Waals surface area contributed by atoms with Gasteiger partial charge in [0.25, 0.3) is 0 Å². The van der Waals surface area contributed by atoms with Crippen LogP contribution in [0.3, 0.4) is 0 Å². The summed E-state index contributed by atoms with van der Waals surface area (Å²) in [6, 6.07) is 6.31. The third-order valence-corrected chi connectivity index (χ3v) is 3.96. The Morgan fingerprint density at radius 2 is 1.94 bits per heavy atom. The van der Waals surface area contributed by atoms with Crippen LogP contribution in [0.25, 0.3) is 10.7 Å². The molecular weight excluding hydrogens is 242 g/mol. The van der Waals surface area contributed by atoms with E-state index in [0.717, 1.165) is 41.6 Å². The number of hydrogen-bond acceptors (Lipinski definition) is 4. The summed E-state index contributed by atoms with van der Waals surface area (Å²) in [7, 11) is 0. The van der Waals surface area contributed by atoms with E-state index in [1.165, 1.54) is 4.88 Å². The lowest BCUT2D eigenvalue weighted by Crippen LogP contribution is -2.03. The van der Waals surface area contributed by atoms with Crippen LogP contribution in [0.15, 0.2) is 18.2 Å². The van der Waals surface area contributed by atoms with E-state index < -0.39 is 0 Å². The lowest BCUT2D eigenvalue weighted by Gasteiger charge is -2.06. The first-order chi connectivity index (χ1) is 8.76. The van der Waals surface area contributed by atoms with E-state index in [1.807, 2.05) is 6.07 Å². The molecular formula is C14H19N3S. The third kappa shape index (κ3) is 2.88. The molecule has 0 atom stereocenters. The van der Waals surface area contributed by atoms with Gasteiger partial charge in [0.05, 0.1) is 4.88 Å². The van der Waals surface area contributed by atoms with Crippen LogP contribution in [-0.2, 0) is 12.8 Å². The largest absolute Gasteiger partial charge is 0.370 e. The summed E-state index contributed by atoms with van der Waals surface area (Å²) < 4.78 is 0. The molecule has 1 N–H and O–H groups in total. The van der Waals surface area contributed by atoms with Crippen molar-refractivity contribution in [3.63, 3.8) is 0 Å². The van der Waals surface area contributed by atoms with Gasteiger partial charge in [0, 0.05) is 23.2 Å². The summed E-state index contributed by atoms with van der Waals surface area (Å²) in [6.07, 6.45) is 2.00. The molecule has 0 radical (unpaired) electrons. The first-order valence-electron chi connectivity index (χ1n) is 6.47. The highest BCUT2D eigenvalue weighted by molar-refractivity contribution is 7.15. The van der Waals surface area contributed by atoms with E-state index in [2.05, 4.69) is 48.2 Å². The van der Waals surface area contributed by atoms with Gasteiger partial charge in [-0.1, -0.05) is 13.8 Å². The number of nitrogens with one attached hydrogen (secondary N) is 1. The molecule has 96 valence electrons. The molecule has 4 heteroatoms. The number of hydrogen-bond donors (Lipinski definition) is 1. The lowest BCUT2D eigenvalue weighted by atomic mass is 10.3. The Hall–Kier alpha value is -1.42. The van der Waals surface area contributed by atoms with Crippen molar-refractivity contribution in [1.29, 1.82) is 0 Å². The first-order valence-corrected chi connectivity index (χ1v) is 7.29. The number of thiophene rings is 1. The molecule has 0 unspecified atom stereocenters. The van der Waals surface area contributed by atoms with Gasteiger partial charge in [-0.15, -0.1) is 11.3 Å². The number of aromatic nitrogens is 2. The van der Waals surface area contributed by atoms with Crippen molar-refractivity contribution in [2.24, 2.45) is 0 Å². The van der Waals surface area contributed by atoms with Crippen LogP contribution in [0, 0.1) is 0 Å². The Morgan fingerprint density at radius 3 is 2.56 bits per heavy atom. The minimum Gasteiger partial charge on any atom is -0.370 e. The molecule has 0 fully saturated rings. The van der Waals surface area contributed by atoms with E-state index in [9.17, 15) is 0 Å². The van der Waals surface area contributed by atoms with E-state index in [-0.39, 0.29) is 0 Å². The van der Waals surface area contributed by atoms with Crippen LogP contribution in [0.4, 0.5) is 5.82 Å². The van der Waals surface area contributed by atoms with Crippen LogP contribution < -0.4 is 5.32 Å². The monoisotopic (exact) mass is 261 g/mol. The Kier molecular flexibility index (Phi) is 4.31. The summed E-state index contributed by atoms with van der Waals surface area (Å²) in [5.41, 5.74) is 1.09. The molecule has 0 bridgehead atoms. The Morgan fingerprint density at radius 1 is 1.11 bits per heavy atom. The average molecular weight is 261 g/mol. The van der Waals surface area contributed by atoms with Gasteiger partial charge in [-0.2, -0.15) is 0 Å². The van der Waals surface area contributed by atoms with Crippen molar-refractivity contribution in [2.45, 2.75) is 33.6 Å². The minimum atomic E-state index is 0.843. The minimum absolute atomic E-state index is 0.843. The SMILES string of the molecule is CCNc1cc(CC)nc(-c2ccc(CC)s2)n1. The van der Waals surface area contributed by atoms with Crippen molar-refractivity contribution >= 4 is 17.2 Å². The Bertz CT molecular complexity index is 520. The molecule has 0 aliphatic heterocycles.